The predicted molar refractivity (Wildman–Crippen MR) is 91.5 cm³/mol. The zero-order valence-corrected chi connectivity index (χ0v) is 14.5. The predicted octanol–water partition coefficient (Wildman–Crippen LogP) is 3.74. The lowest BCUT2D eigenvalue weighted by Gasteiger charge is -2.13. The van der Waals surface area contributed by atoms with Gasteiger partial charge in [0.1, 0.15) is 18.5 Å². The summed E-state index contributed by atoms with van der Waals surface area (Å²) in [6, 6.07) is 11.4. The summed E-state index contributed by atoms with van der Waals surface area (Å²) in [6.07, 6.45) is 0.394. The Morgan fingerprint density at radius 1 is 1.29 bits per heavy atom. The zero-order chi connectivity index (χ0) is 15.1. The molecule has 1 heterocycles. The Labute approximate surface area is 142 Å². The number of aliphatic hydroxyl groups excluding tert-OH is 1. The van der Waals surface area contributed by atoms with Crippen molar-refractivity contribution in [3.8, 4) is 5.75 Å². The first-order valence-electron chi connectivity index (χ1n) is 6.65. The van der Waals surface area contributed by atoms with Crippen LogP contribution in [0.15, 0.2) is 40.2 Å². The number of hydrogen-bond acceptors (Lipinski definition) is 4. The van der Waals surface area contributed by atoms with Gasteiger partial charge in [-0.1, -0.05) is 23.7 Å². The quantitative estimate of drug-likeness (QED) is 0.675. The van der Waals surface area contributed by atoms with Gasteiger partial charge >= 0.3 is 0 Å². The summed E-state index contributed by atoms with van der Waals surface area (Å²) in [5.41, 5.74) is 0. The van der Waals surface area contributed by atoms with Gasteiger partial charge in [-0.25, -0.2) is 0 Å². The van der Waals surface area contributed by atoms with Crippen LogP contribution in [0.4, 0.5) is 0 Å². The molecule has 3 nitrogen and oxygen atoms in total. The van der Waals surface area contributed by atoms with E-state index in [0.29, 0.717) is 17.3 Å². The van der Waals surface area contributed by atoms with Crippen molar-refractivity contribution < 1.29 is 9.84 Å². The normalized spacial score (nSPS) is 12.3. The van der Waals surface area contributed by atoms with Crippen LogP contribution in [-0.4, -0.2) is 30.9 Å². The van der Waals surface area contributed by atoms with E-state index in [0.717, 1.165) is 16.8 Å². The molecule has 114 valence electrons. The molecule has 0 spiro atoms. The van der Waals surface area contributed by atoms with Crippen molar-refractivity contribution in [2.75, 3.05) is 19.7 Å². The number of ether oxygens (including phenoxy) is 1. The highest BCUT2D eigenvalue weighted by molar-refractivity contribution is 9.11. The van der Waals surface area contributed by atoms with E-state index in [2.05, 4.69) is 27.3 Å². The maximum absolute atomic E-state index is 9.87. The smallest absolute Gasteiger partial charge is 0.138 e. The van der Waals surface area contributed by atoms with E-state index in [4.69, 9.17) is 16.3 Å². The second-order valence-corrected chi connectivity index (χ2v) is 7.51. The highest BCUT2D eigenvalue weighted by Crippen LogP contribution is 2.23. The van der Waals surface area contributed by atoms with Gasteiger partial charge in [-0.3, -0.25) is 0 Å². The van der Waals surface area contributed by atoms with Crippen LogP contribution < -0.4 is 10.1 Å². The van der Waals surface area contributed by atoms with Gasteiger partial charge in [0.25, 0.3) is 0 Å². The summed E-state index contributed by atoms with van der Waals surface area (Å²) in [5.74, 6) is 0.599. The lowest BCUT2D eigenvalue weighted by molar-refractivity contribution is 0.107. The van der Waals surface area contributed by atoms with Gasteiger partial charge in [0, 0.05) is 18.0 Å². The second kappa shape index (κ2) is 8.76. The molecule has 1 atom stereocenters. The van der Waals surface area contributed by atoms with Gasteiger partial charge in [0.05, 0.1) is 8.81 Å². The SMILES string of the molecule is OC(CNCCc1ccc(Br)s1)COc1ccccc1Cl. The average molecular weight is 391 g/mol. The largest absolute Gasteiger partial charge is 0.489 e. The first kappa shape index (κ1) is 16.8. The van der Waals surface area contributed by atoms with Crippen molar-refractivity contribution in [1.82, 2.24) is 5.32 Å². The Hall–Kier alpha value is -0.590. The molecule has 21 heavy (non-hydrogen) atoms. The monoisotopic (exact) mass is 389 g/mol. The summed E-state index contributed by atoms with van der Waals surface area (Å²) in [5, 5.41) is 13.6. The molecule has 2 rings (SSSR count). The molecule has 1 aromatic heterocycles. The second-order valence-electron chi connectivity index (χ2n) is 4.56. The molecule has 0 aliphatic heterocycles. The number of benzene rings is 1. The van der Waals surface area contributed by atoms with Crippen molar-refractivity contribution >= 4 is 38.9 Å². The topological polar surface area (TPSA) is 41.5 Å². The number of halogens is 2. The van der Waals surface area contributed by atoms with E-state index in [1.807, 2.05) is 18.2 Å². The summed E-state index contributed by atoms with van der Waals surface area (Å²) in [6.45, 7) is 1.55. The van der Waals surface area contributed by atoms with Crippen LogP contribution in [0.25, 0.3) is 0 Å². The van der Waals surface area contributed by atoms with E-state index in [9.17, 15) is 5.11 Å². The summed E-state index contributed by atoms with van der Waals surface area (Å²) < 4.78 is 6.64. The standard InChI is InChI=1S/C15H17BrClNO2S/c16-15-6-5-12(21-15)7-8-18-9-11(19)10-20-14-4-2-1-3-13(14)17/h1-6,11,18-19H,7-10H2. The molecular formula is C15H17BrClNO2S. The highest BCUT2D eigenvalue weighted by atomic mass is 79.9. The molecule has 0 fully saturated rings. The van der Waals surface area contributed by atoms with Gasteiger partial charge in [-0.2, -0.15) is 0 Å². The zero-order valence-electron chi connectivity index (χ0n) is 11.4. The van der Waals surface area contributed by atoms with Crippen LogP contribution >= 0.6 is 38.9 Å². The van der Waals surface area contributed by atoms with E-state index in [-0.39, 0.29) is 6.61 Å². The Kier molecular flexibility index (Phi) is 6.99. The van der Waals surface area contributed by atoms with Crippen molar-refractivity contribution in [1.29, 1.82) is 0 Å². The molecule has 6 heteroatoms. The molecule has 0 aliphatic carbocycles. The average Bonchev–Trinajstić information content (AvgIpc) is 2.88. The van der Waals surface area contributed by atoms with E-state index in [1.54, 1.807) is 23.5 Å². The van der Waals surface area contributed by atoms with Crippen molar-refractivity contribution in [3.63, 3.8) is 0 Å². The molecule has 0 aliphatic rings. The Morgan fingerprint density at radius 2 is 2.10 bits per heavy atom. The summed E-state index contributed by atoms with van der Waals surface area (Å²) >= 11 is 11.2. The Balaban J connectivity index is 1.61. The van der Waals surface area contributed by atoms with Crippen LogP contribution in [0, 0.1) is 0 Å². The van der Waals surface area contributed by atoms with Gasteiger partial charge in [0.15, 0.2) is 0 Å². The number of para-hydroxylation sites is 1. The molecule has 0 amide bonds. The first-order valence-corrected chi connectivity index (χ1v) is 8.64. The fourth-order valence-corrected chi connectivity index (χ4v) is 3.45. The third kappa shape index (κ3) is 5.96. The molecule has 2 N–H and O–H groups in total. The van der Waals surface area contributed by atoms with Gasteiger partial charge in [-0.05, 0) is 46.6 Å². The maximum Gasteiger partial charge on any atom is 0.138 e. The number of nitrogens with one attached hydrogen (secondary N) is 1. The molecule has 2 aromatic rings. The Morgan fingerprint density at radius 3 is 2.81 bits per heavy atom. The fourth-order valence-electron chi connectivity index (χ4n) is 1.77. The summed E-state index contributed by atoms with van der Waals surface area (Å²) in [7, 11) is 0. The van der Waals surface area contributed by atoms with Crippen LogP contribution in [0.5, 0.6) is 5.75 Å². The lowest BCUT2D eigenvalue weighted by atomic mass is 10.3. The van der Waals surface area contributed by atoms with Gasteiger partial charge in [-0.15, -0.1) is 11.3 Å². The van der Waals surface area contributed by atoms with Crippen LogP contribution in [0.2, 0.25) is 5.02 Å². The molecule has 1 aromatic carbocycles. The third-order valence-corrected chi connectivity index (χ3v) is 4.82. The van der Waals surface area contributed by atoms with E-state index >= 15 is 0 Å². The molecule has 1 unspecified atom stereocenters. The minimum absolute atomic E-state index is 0.223. The fraction of sp³-hybridized carbons (Fsp3) is 0.333. The minimum Gasteiger partial charge on any atom is -0.489 e. The van der Waals surface area contributed by atoms with E-state index in [1.165, 1.54) is 4.88 Å². The maximum atomic E-state index is 9.87. The highest BCUT2D eigenvalue weighted by Gasteiger charge is 2.07. The number of thiophene rings is 1. The van der Waals surface area contributed by atoms with Crippen LogP contribution in [0.3, 0.4) is 0 Å². The Bertz CT molecular complexity index is 564. The van der Waals surface area contributed by atoms with Crippen LogP contribution in [0.1, 0.15) is 4.88 Å². The minimum atomic E-state index is -0.559. The first-order chi connectivity index (χ1) is 10.1. The molecular weight excluding hydrogens is 374 g/mol. The number of hydrogen-bond donors (Lipinski definition) is 2. The van der Waals surface area contributed by atoms with E-state index < -0.39 is 6.10 Å². The van der Waals surface area contributed by atoms with Gasteiger partial charge < -0.3 is 15.2 Å². The van der Waals surface area contributed by atoms with Crippen molar-refractivity contribution in [2.45, 2.75) is 12.5 Å². The van der Waals surface area contributed by atoms with Crippen molar-refractivity contribution in [2.24, 2.45) is 0 Å². The molecule has 0 bridgehead atoms. The summed E-state index contributed by atoms with van der Waals surface area (Å²) in [4.78, 5) is 1.32. The molecule has 0 radical (unpaired) electrons. The number of aliphatic hydroxyl groups is 1. The lowest BCUT2D eigenvalue weighted by Crippen LogP contribution is -2.32. The van der Waals surface area contributed by atoms with Gasteiger partial charge in [0.2, 0.25) is 0 Å². The number of rotatable bonds is 8. The third-order valence-electron chi connectivity index (χ3n) is 2.82. The molecule has 0 saturated carbocycles. The van der Waals surface area contributed by atoms with Crippen LogP contribution in [-0.2, 0) is 6.42 Å². The molecule has 0 saturated heterocycles. The van der Waals surface area contributed by atoms with Crippen molar-refractivity contribution in [3.05, 3.63) is 50.1 Å².